The minimum absolute atomic E-state index is 0.0740. The van der Waals surface area contributed by atoms with Crippen LogP contribution >= 0.6 is 23.2 Å². The molecule has 0 atom stereocenters. The predicted octanol–water partition coefficient (Wildman–Crippen LogP) is 3.24. The lowest BCUT2D eigenvalue weighted by Crippen LogP contribution is -2.36. The summed E-state index contributed by atoms with van der Waals surface area (Å²) in [5, 5.41) is 1.23. The largest absolute Gasteiger partial charge is 0.467 e. The van der Waals surface area contributed by atoms with Crippen LogP contribution in [-0.2, 0) is 19.5 Å². The Hall–Kier alpha value is -1.49. The van der Waals surface area contributed by atoms with Crippen LogP contribution < -0.4 is 5.73 Å². The second-order valence-electron chi connectivity index (χ2n) is 5.01. The fraction of sp³-hybridized carbons (Fsp3) is 0.267. The highest BCUT2D eigenvalue weighted by molar-refractivity contribution is 6.35. The lowest BCUT2D eigenvalue weighted by molar-refractivity contribution is 0.0734. The summed E-state index contributed by atoms with van der Waals surface area (Å²) in [5.41, 5.74) is 8.07. The summed E-state index contributed by atoms with van der Waals surface area (Å²) in [4.78, 5) is 14.2. The van der Waals surface area contributed by atoms with E-state index in [1.807, 2.05) is 6.07 Å². The molecule has 0 bridgehead atoms. The number of rotatable bonds is 2. The number of carbonyl (C=O) groups excluding carboxylic acids is 1. The highest BCUT2D eigenvalue weighted by Gasteiger charge is 2.24. The van der Waals surface area contributed by atoms with E-state index in [9.17, 15) is 4.79 Å². The van der Waals surface area contributed by atoms with Crippen molar-refractivity contribution in [3.63, 3.8) is 0 Å². The van der Waals surface area contributed by atoms with Gasteiger partial charge in [-0.25, -0.2) is 0 Å². The molecule has 3 rings (SSSR count). The number of furan rings is 1. The van der Waals surface area contributed by atoms with Crippen LogP contribution in [0.4, 0.5) is 0 Å². The summed E-state index contributed by atoms with van der Waals surface area (Å²) < 4.78 is 5.22. The zero-order valence-electron chi connectivity index (χ0n) is 11.2. The number of nitrogens with two attached hydrogens (primary N) is 1. The zero-order chi connectivity index (χ0) is 15.0. The van der Waals surface area contributed by atoms with Crippen LogP contribution in [0.1, 0.15) is 27.2 Å². The third-order valence-electron chi connectivity index (χ3n) is 3.64. The fourth-order valence-corrected chi connectivity index (χ4v) is 3.13. The molecule has 2 aromatic rings. The van der Waals surface area contributed by atoms with Gasteiger partial charge in [0, 0.05) is 23.1 Å². The summed E-state index contributed by atoms with van der Waals surface area (Å²) in [6, 6.07) is 5.30. The Kier molecular flexibility index (Phi) is 3.93. The molecule has 6 heteroatoms. The van der Waals surface area contributed by atoms with E-state index in [1.165, 1.54) is 6.26 Å². The molecule has 1 aromatic heterocycles. The van der Waals surface area contributed by atoms with Crippen LogP contribution in [-0.4, -0.2) is 17.4 Å². The molecule has 2 N–H and O–H groups in total. The van der Waals surface area contributed by atoms with Crippen molar-refractivity contribution in [2.45, 2.75) is 19.5 Å². The van der Waals surface area contributed by atoms with Gasteiger partial charge in [0.1, 0.15) is 12.0 Å². The Morgan fingerprint density at radius 2 is 2.14 bits per heavy atom. The SMILES string of the molecule is NCc1cc(C(=O)N2CCc3cc(Cl)cc(Cl)c3C2)co1. The molecule has 0 fully saturated rings. The fourth-order valence-electron chi connectivity index (χ4n) is 2.54. The molecule has 0 unspecified atom stereocenters. The molecule has 0 saturated carbocycles. The van der Waals surface area contributed by atoms with Crippen molar-refractivity contribution in [3.8, 4) is 0 Å². The normalized spacial score (nSPS) is 14.1. The van der Waals surface area contributed by atoms with Crippen molar-refractivity contribution in [2.75, 3.05) is 6.54 Å². The van der Waals surface area contributed by atoms with Crippen molar-refractivity contribution >= 4 is 29.1 Å². The lowest BCUT2D eigenvalue weighted by atomic mass is 9.99. The van der Waals surface area contributed by atoms with Gasteiger partial charge in [-0.3, -0.25) is 4.79 Å². The molecule has 21 heavy (non-hydrogen) atoms. The highest BCUT2D eigenvalue weighted by atomic mass is 35.5. The number of nitrogens with zero attached hydrogens (tertiary/aromatic N) is 1. The molecular weight excluding hydrogens is 311 g/mol. The summed E-state index contributed by atoms with van der Waals surface area (Å²) in [6.07, 6.45) is 2.19. The average molecular weight is 325 g/mol. The van der Waals surface area contributed by atoms with Gasteiger partial charge >= 0.3 is 0 Å². The predicted molar refractivity (Wildman–Crippen MR) is 81.5 cm³/mol. The summed E-state index contributed by atoms with van der Waals surface area (Å²) in [5.74, 6) is 0.524. The number of hydrogen-bond donors (Lipinski definition) is 1. The van der Waals surface area contributed by atoms with Gasteiger partial charge in [0.05, 0.1) is 12.1 Å². The maximum atomic E-state index is 12.5. The van der Waals surface area contributed by atoms with Crippen LogP contribution in [0.15, 0.2) is 28.9 Å². The van der Waals surface area contributed by atoms with Crippen LogP contribution in [0.3, 0.4) is 0 Å². The second kappa shape index (κ2) is 5.72. The standard InChI is InChI=1S/C15H14Cl2N2O2/c16-11-3-9-1-2-19(7-13(9)14(17)5-11)15(20)10-4-12(6-18)21-8-10/h3-5,8H,1-2,6-7,18H2. The summed E-state index contributed by atoms with van der Waals surface area (Å²) >= 11 is 12.2. The maximum absolute atomic E-state index is 12.5. The molecule has 1 aromatic carbocycles. The van der Waals surface area contributed by atoms with Gasteiger partial charge in [0.25, 0.3) is 5.91 Å². The Morgan fingerprint density at radius 3 is 2.86 bits per heavy atom. The minimum Gasteiger partial charge on any atom is -0.467 e. The van der Waals surface area contributed by atoms with Crippen LogP contribution in [0, 0.1) is 0 Å². The quantitative estimate of drug-likeness (QED) is 0.922. The Morgan fingerprint density at radius 1 is 1.33 bits per heavy atom. The summed E-state index contributed by atoms with van der Waals surface area (Å²) in [7, 11) is 0. The first kappa shape index (κ1) is 14.4. The van der Waals surface area contributed by atoms with Crippen molar-refractivity contribution in [1.82, 2.24) is 4.90 Å². The molecule has 0 saturated heterocycles. The molecule has 4 nitrogen and oxygen atoms in total. The van der Waals surface area contributed by atoms with E-state index < -0.39 is 0 Å². The van der Waals surface area contributed by atoms with Gasteiger partial charge in [-0.15, -0.1) is 0 Å². The van der Waals surface area contributed by atoms with Crippen molar-refractivity contribution in [3.05, 3.63) is 57.0 Å². The third kappa shape index (κ3) is 2.79. The Bertz CT molecular complexity index is 697. The first-order valence-corrected chi connectivity index (χ1v) is 7.37. The number of hydrogen-bond acceptors (Lipinski definition) is 3. The van der Waals surface area contributed by atoms with Crippen LogP contribution in [0.25, 0.3) is 0 Å². The number of amides is 1. The van der Waals surface area contributed by atoms with E-state index in [-0.39, 0.29) is 12.5 Å². The van der Waals surface area contributed by atoms with Crippen molar-refractivity contribution in [1.29, 1.82) is 0 Å². The van der Waals surface area contributed by atoms with Gasteiger partial charge in [-0.05, 0) is 35.7 Å². The van der Waals surface area contributed by atoms with Crippen LogP contribution in [0.5, 0.6) is 0 Å². The van der Waals surface area contributed by atoms with Crippen molar-refractivity contribution in [2.24, 2.45) is 5.73 Å². The van der Waals surface area contributed by atoms with E-state index in [0.717, 1.165) is 17.5 Å². The van der Waals surface area contributed by atoms with E-state index in [0.29, 0.717) is 34.5 Å². The maximum Gasteiger partial charge on any atom is 0.257 e. The van der Waals surface area contributed by atoms with Gasteiger partial charge in [0.15, 0.2) is 0 Å². The number of carbonyl (C=O) groups is 1. The van der Waals surface area contributed by atoms with Crippen molar-refractivity contribution < 1.29 is 9.21 Å². The van der Waals surface area contributed by atoms with E-state index in [1.54, 1.807) is 17.0 Å². The Labute approximate surface area is 132 Å². The smallest absolute Gasteiger partial charge is 0.257 e. The molecule has 0 aliphatic carbocycles. The van der Waals surface area contributed by atoms with Gasteiger partial charge in [0.2, 0.25) is 0 Å². The van der Waals surface area contributed by atoms with Crippen LogP contribution in [0.2, 0.25) is 10.0 Å². The zero-order valence-corrected chi connectivity index (χ0v) is 12.7. The molecule has 1 aliphatic heterocycles. The first-order valence-electron chi connectivity index (χ1n) is 6.62. The second-order valence-corrected chi connectivity index (χ2v) is 5.85. The highest BCUT2D eigenvalue weighted by Crippen LogP contribution is 2.30. The molecule has 0 spiro atoms. The lowest BCUT2D eigenvalue weighted by Gasteiger charge is -2.29. The minimum atomic E-state index is -0.0740. The first-order chi connectivity index (χ1) is 10.1. The van der Waals surface area contributed by atoms with Gasteiger partial charge in [-0.2, -0.15) is 0 Å². The van der Waals surface area contributed by atoms with Gasteiger partial charge < -0.3 is 15.1 Å². The molecule has 1 aliphatic rings. The monoisotopic (exact) mass is 324 g/mol. The van der Waals surface area contributed by atoms with Gasteiger partial charge in [-0.1, -0.05) is 23.2 Å². The number of halogens is 2. The third-order valence-corrected chi connectivity index (χ3v) is 4.20. The van der Waals surface area contributed by atoms with E-state index >= 15 is 0 Å². The molecule has 2 heterocycles. The number of fused-ring (bicyclic) bond motifs is 1. The van der Waals surface area contributed by atoms with E-state index in [4.69, 9.17) is 33.4 Å². The molecular formula is C15H14Cl2N2O2. The van der Waals surface area contributed by atoms with E-state index in [2.05, 4.69) is 0 Å². The average Bonchev–Trinajstić information content (AvgIpc) is 2.95. The number of benzene rings is 1. The topological polar surface area (TPSA) is 59.5 Å². The molecule has 0 radical (unpaired) electrons. The summed E-state index contributed by atoms with van der Waals surface area (Å²) in [6.45, 7) is 1.39. The Balaban J connectivity index is 1.84. The molecule has 1 amide bonds. The molecule has 110 valence electrons.